The Bertz CT molecular complexity index is 814. The molecule has 0 aromatic heterocycles. The minimum Gasteiger partial charge on any atom is -0.359 e. The molecule has 0 bridgehead atoms. The van der Waals surface area contributed by atoms with E-state index in [-0.39, 0.29) is 43.1 Å². The van der Waals surface area contributed by atoms with Crippen molar-refractivity contribution in [1.29, 1.82) is 0 Å². The SMILES string of the molecule is COCO[C@H]1CC2(C)C(CCC23OCOC32COCO2)C2CCC3=CC(=O)CCC3(C)C21. The van der Waals surface area contributed by atoms with Crippen molar-refractivity contribution in [3.05, 3.63) is 11.6 Å². The molecule has 6 aliphatic rings. The van der Waals surface area contributed by atoms with Gasteiger partial charge in [0.25, 0.3) is 0 Å². The number of rotatable bonds is 3. The Hall–Kier alpha value is -0.830. The molecule has 0 aromatic carbocycles. The molecular formula is C25H36O7. The van der Waals surface area contributed by atoms with E-state index >= 15 is 0 Å². The van der Waals surface area contributed by atoms with Crippen LogP contribution in [0.3, 0.4) is 0 Å². The third-order valence-corrected chi connectivity index (χ3v) is 10.3. The van der Waals surface area contributed by atoms with Crippen LogP contribution in [0.5, 0.6) is 0 Å². The molecule has 0 amide bonds. The van der Waals surface area contributed by atoms with Crippen molar-refractivity contribution in [2.75, 3.05) is 34.1 Å². The monoisotopic (exact) mass is 448 g/mol. The minimum absolute atomic E-state index is 0.00398. The first-order valence-electron chi connectivity index (χ1n) is 12.2. The summed E-state index contributed by atoms with van der Waals surface area (Å²) in [4.78, 5) is 12.2. The molecule has 178 valence electrons. The van der Waals surface area contributed by atoms with Gasteiger partial charge in [-0.25, -0.2) is 0 Å². The lowest BCUT2D eigenvalue weighted by Gasteiger charge is -2.62. The molecule has 0 N–H and O–H groups in total. The quantitative estimate of drug-likeness (QED) is 0.611. The van der Waals surface area contributed by atoms with Crippen molar-refractivity contribution in [3.63, 3.8) is 0 Å². The van der Waals surface area contributed by atoms with Gasteiger partial charge in [-0.15, -0.1) is 0 Å². The van der Waals surface area contributed by atoms with Gasteiger partial charge in [-0.1, -0.05) is 19.4 Å². The topological polar surface area (TPSA) is 72.5 Å². The van der Waals surface area contributed by atoms with E-state index in [1.165, 1.54) is 5.57 Å². The summed E-state index contributed by atoms with van der Waals surface area (Å²) >= 11 is 0. The van der Waals surface area contributed by atoms with Crippen molar-refractivity contribution in [2.24, 2.45) is 28.6 Å². The first-order chi connectivity index (χ1) is 15.4. The van der Waals surface area contributed by atoms with Crippen molar-refractivity contribution in [2.45, 2.75) is 76.3 Å². The van der Waals surface area contributed by atoms with E-state index in [4.69, 9.17) is 28.4 Å². The lowest BCUT2D eigenvalue weighted by atomic mass is 9.45. The standard InChI is InChI=1S/C25H36O7/c1-22-8-6-17(26)10-16(22)4-5-18-19-7-9-24(25(32-15-30-24)12-28-14-31-25)23(19,2)11-20(21(18)22)29-13-27-3/h10,18-21H,4-9,11-15H2,1-3H3/t18?,19?,20-,21?,22?,23?,24?,25?/m0/s1. The van der Waals surface area contributed by atoms with Crippen LogP contribution in [0.1, 0.15) is 58.8 Å². The van der Waals surface area contributed by atoms with Crippen LogP contribution in [-0.2, 0) is 33.2 Å². The summed E-state index contributed by atoms with van der Waals surface area (Å²) in [6.07, 6.45) is 8.50. The molecule has 4 aliphatic carbocycles. The molecule has 2 heterocycles. The first kappa shape index (κ1) is 21.7. The van der Waals surface area contributed by atoms with Crippen molar-refractivity contribution < 1.29 is 33.2 Å². The molecule has 3 saturated carbocycles. The summed E-state index contributed by atoms with van der Waals surface area (Å²) in [5.41, 5.74) is 0.658. The van der Waals surface area contributed by atoms with Crippen LogP contribution in [-0.4, -0.2) is 57.4 Å². The number of hydrogen-bond acceptors (Lipinski definition) is 7. The molecule has 7 heteroatoms. The van der Waals surface area contributed by atoms with Gasteiger partial charge in [-0.3, -0.25) is 4.79 Å². The number of carbonyl (C=O) groups excluding carboxylic acids is 1. The summed E-state index contributed by atoms with van der Waals surface area (Å²) < 4.78 is 36.3. The summed E-state index contributed by atoms with van der Waals surface area (Å²) in [7, 11) is 1.68. The fourth-order valence-corrected chi connectivity index (χ4v) is 8.94. The van der Waals surface area contributed by atoms with E-state index in [1.807, 2.05) is 6.08 Å². The van der Waals surface area contributed by atoms with Gasteiger partial charge in [0, 0.05) is 18.9 Å². The van der Waals surface area contributed by atoms with Gasteiger partial charge in [0.15, 0.2) is 19.4 Å². The molecule has 32 heavy (non-hydrogen) atoms. The highest BCUT2D eigenvalue weighted by molar-refractivity contribution is 5.91. The second-order valence-electron chi connectivity index (χ2n) is 11.3. The molecule has 0 radical (unpaired) electrons. The Labute approximate surface area is 190 Å². The van der Waals surface area contributed by atoms with Crippen LogP contribution in [0.4, 0.5) is 0 Å². The van der Waals surface area contributed by atoms with Crippen LogP contribution >= 0.6 is 0 Å². The Balaban J connectivity index is 1.42. The highest BCUT2D eigenvalue weighted by Crippen LogP contribution is 2.71. The zero-order valence-electron chi connectivity index (χ0n) is 19.5. The maximum absolute atomic E-state index is 12.2. The molecule has 5 fully saturated rings. The van der Waals surface area contributed by atoms with Crippen LogP contribution in [0.2, 0.25) is 0 Å². The lowest BCUT2D eigenvalue weighted by molar-refractivity contribution is -0.264. The van der Waals surface area contributed by atoms with E-state index in [1.54, 1.807) is 7.11 Å². The lowest BCUT2D eigenvalue weighted by Crippen LogP contribution is -2.66. The number of ether oxygens (including phenoxy) is 6. The highest BCUT2D eigenvalue weighted by Gasteiger charge is 2.76. The van der Waals surface area contributed by atoms with E-state index in [2.05, 4.69) is 13.8 Å². The average molecular weight is 449 g/mol. The Kier molecular flexibility index (Phi) is 4.97. The molecule has 7 nitrogen and oxygen atoms in total. The predicted molar refractivity (Wildman–Crippen MR) is 113 cm³/mol. The Morgan fingerprint density at radius 2 is 1.94 bits per heavy atom. The fraction of sp³-hybridized carbons (Fsp3) is 0.880. The molecule has 2 saturated heterocycles. The molecular weight excluding hydrogens is 412 g/mol. The average Bonchev–Trinajstić information content (AvgIpc) is 3.47. The number of allylic oxidation sites excluding steroid dienone is 1. The van der Waals surface area contributed by atoms with Crippen LogP contribution in [0, 0.1) is 28.6 Å². The summed E-state index contributed by atoms with van der Waals surface area (Å²) in [6.45, 7) is 5.94. The molecule has 8 atom stereocenters. The fourth-order valence-electron chi connectivity index (χ4n) is 8.94. The van der Waals surface area contributed by atoms with Gasteiger partial charge in [-0.05, 0) is 67.8 Å². The number of ketones is 1. The maximum atomic E-state index is 12.2. The van der Waals surface area contributed by atoms with Crippen LogP contribution in [0.25, 0.3) is 0 Å². The van der Waals surface area contributed by atoms with Crippen LogP contribution in [0.15, 0.2) is 11.6 Å². The second-order valence-corrected chi connectivity index (χ2v) is 11.3. The first-order valence-corrected chi connectivity index (χ1v) is 12.2. The van der Waals surface area contributed by atoms with E-state index in [9.17, 15) is 4.79 Å². The molecule has 7 unspecified atom stereocenters. The van der Waals surface area contributed by atoms with E-state index in [0.717, 1.165) is 38.5 Å². The van der Waals surface area contributed by atoms with Crippen molar-refractivity contribution >= 4 is 5.78 Å². The third-order valence-electron chi connectivity index (χ3n) is 10.3. The predicted octanol–water partition coefficient (Wildman–Crippen LogP) is 3.56. The molecule has 0 aromatic rings. The van der Waals surface area contributed by atoms with Crippen LogP contribution < -0.4 is 0 Å². The van der Waals surface area contributed by atoms with Gasteiger partial charge >= 0.3 is 0 Å². The van der Waals surface area contributed by atoms with Crippen molar-refractivity contribution in [3.8, 4) is 0 Å². The number of methoxy groups -OCH3 is 1. The zero-order chi connectivity index (χ0) is 22.2. The normalized spacial score (nSPS) is 52.2. The summed E-state index contributed by atoms with van der Waals surface area (Å²) in [5, 5.41) is 0. The number of hydrogen-bond donors (Lipinski definition) is 0. The van der Waals surface area contributed by atoms with E-state index in [0.29, 0.717) is 30.8 Å². The molecule has 6 rings (SSSR count). The summed E-state index contributed by atoms with van der Waals surface area (Å²) in [5.74, 6) is 0.832. The minimum atomic E-state index is -0.823. The Morgan fingerprint density at radius 3 is 2.72 bits per heavy atom. The zero-order valence-corrected chi connectivity index (χ0v) is 19.5. The molecule has 2 spiro atoms. The van der Waals surface area contributed by atoms with Gasteiger partial charge in [0.1, 0.15) is 19.0 Å². The maximum Gasteiger partial charge on any atom is 0.226 e. The number of carbonyl (C=O) groups is 1. The number of fused-ring (bicyclic) bond motifs is 7. The van der Waals surface area contributed by atoms with Gasteiger partial charge < -0.3 is 28.4 Å². The summed E-state index contributed by atoms with van der Waals surface area (Å²) in [6, 6.07) is 0. The van der Waals surface area contributed by atoms with Gasteiger partial charge in [0.2, 0.25) is 5.79 Å². The van der Waals surface area contributed by atoms with E-state index < -0.39 is 11.4 Å². The highest BCUT2D eigenvalue weighted by atomic mass is 16.9. The Morgan fingerprint density at radius 1 is 1.09 bits per heavy atom. The van der Waals surface area contributed by atoms with Gasteiger partial charge in [0.05, 0.1) is 6.10 Å². The van der Waals surface area contributed by atoms with Gasteiger partial charge in [-0.2, -0.15) is 0 Å². The third kappa shape index (κ3) is 2.61. The van der Waals surface area contributed by atoms with Crippen molar-refractivity contribution in [1.82, 2.24) is 0 Å². The molecule has 2 aliphatic heterocycles. The smallest absolute Gasteiger partial charge is 0.226 e. The second kappa shape index (κ2) is 7.33. The largest absolute Gasteiger partial charge is 0.359 e.